The summed E-state index contributed by atoms with van der Waals surface area (Å²) in [6.45, 7) is 16.6. The van der Waals surface area contributed by atoms with E-state index in [0.29, 0.717) is 50.3 Å². The van der Waals surface area contributed by atoms with Gasteiger partial charge < -0.3 is 30.3 Å². The van der Waals surface area contributed by atoms with Crippen LogP contribution in [0.25, 0.3) is 0 Å². The first kappa shape index (κ1) is 39.1. The SMILES string of the molecule is CCCC(=O)c1cc(F)ccc1OCC(O)CNC(C)(C)C.CCCC(=O)c1cc(F)ccc1OCC(O)CNC(C)(C)C. The lowest BCUT2D eigenvalue weighted by atomic mass is 10.1. The summed E-state index contributed by atoms with van der Waals surface area (Å²) in [5.41, 5.74) is 0.272. The first-order valence-corrected chi connectivity index (χ1v) is 15.2. The maximum absolute atomic E-state index is 13.3. The minimum absolute atomic E-state index is 0.0428. The van der Waals surface area contributed by atoms with Gasteiger partial charge in [-0.05, 0) is 90.8 Å². The topological polar surface area (TPSA) is 117 Å². The van der Waals surface area contributed by atoms with Crippen LogP contribution in [0.3, 0.4) is 0 Å². The molecule has 0 aromatic heterocycles. The number of β-amino-alcohol motifs (C(OH)–C–C–N with tert-alkyl or cyclic N) is 2. The van der Waals surface area contributed by atoms with Crippen molar-refractivity contribution in [2.45, 2.75) is 104 Å². The van der Waals surface area contributed by atoms with E-state index in [4.69, 9.17) is 9.47 Å². The van der Waals surface area contributed by atoms with E-state index in [0.717, 1.165) is 0 Å². The monoisotopic (exact) mass is 622 g/mol. The molecule has 0 heterocycles. The van der Waals surface area contributed by atoms with Gasteiger partial charge in [-0.25, -0.2) is 8.78 Å². The maximum Gasteiger partial charge on any atom is 0.166 e. The fraction of sp³-hybridized carbons (Fsp3) is 0.588. The first-order valence-electron chi connectivity index (χ1n) is 15.2. The van der Waals surface area contributed by atoms with Gasteiger partial charge in [-0.1, -0.05) is 13.8 Å². The Balaban J connectivity index is 0.000000440. The molecule has 8 nitrogen and oxygen atoms in total. The van der Waals surface area contributed by atoms with E-state index < -0.39 is 23.8 Å². The molecule has 0 aliphatic carbocycles. The number of carbonyl (C=O) groups is 2. The van der Waals surface area contributed by atoms with Gasteiger partial charge >= 0.3 is 0 Å². The average Bonchev–Trinajstić information content (AvgIpc) is 2.93. The van der Waals surface area contributed by atoms with Crippen LogP contribution in [-0.4, -0.2) is 71.4 Å². The van der Waals surface area contributed by atoms with E-state index in [1.165, 1.54) is 36.4 Å². The molecule has 10 heteroatoms. The van der Waals surface area contributed by atoms with Gasteiger partial charge in [0.05, 0.1) is 11.1 Å². The molecule has 0 amide bonds. The van der Waals surface area contributed by atoms with Gasteiger partial charge in [0, 0.05) is 37.0 Å². The lowest BCUT2D eigenvalue weighted by molar-refractivity contribution is 0.0928. The summed E-state index contributed by atoms with van der Waals surface area (Å²) >= 11 is 0. The van der Waals surface area contributed by atoms with Crippen molar-refractivity contribution in [2.75, 3.05) is 26.3 Å². The molecule has 2 rings (SSSR count). The van der Waals surface area contributed by atoms with Crippen molar-refractivity contribution >= 4 is 11.6 Å². The van der Waals surface area contributed by atoms with Crippen molar-refractivity contribution < 1.29 is 38.1 Å². The standard InChI is InChI=1S/2C17H26FNO3/c2*1-5-6-15(21)14-9-12(18)7-8-16(14)22-11-13(20)10-19-17(2,3)4/h2*7-9,13,19-20H,5-6,10-11H2,1-4H3. The third-order valence-corrected chi connectivity index (χ3v) is 6.04. The Labute approximate surface area is 261 Å². The lowest BCUT2D eigenvalue weighted by Crippen LogP contribution is -2.42. The number of benzene rings is 2. The van der Waals surface area contributed by atoms with Gasteiger partial charge in [0.15, 0.2) is 11.6 Å². The van der Waals surface area contributed by atoms with Crippen molar-refractivity contribution in [3.63, 3.8) is 0 Å². The van der Waals surface area contributed by atoms with Crippen LogP contribution in [0.5, 0.6) is 11.5 Å². The molecule has 0 saturated carbocycles. The van der Waals surface area contributed by atoms with Crippen LogP contribution in [0.4, 0.5) is 8.78 Å². The van der Waals surface area contributed by atoms with Gasteiger partial charge in [0.2, 0.25) is 0 Å². The van der Waals surface area contributed by atoms with Crippen LogP contribution in [-0.2, 0) is 0 Å². The number of aliphatic hydroxyl groups is 2. The van der Waals surface area contributed by atoms with E-state index in [1.54, 1.807) is 0 Å². The largest absolute Gasteiger partial charge is 0.490 e. The highest BCUT2D eigenvalue weighted by Crippen LogP contribution is 2.23. The summed E-state index contributed by atoms with van der Waals surface area (Å²) in [4.78, 5) is 24.0. The lowest BCUT2D eigenvalue weighted by Gasteiger charge is -2.23. The highest BCUT2D eigenvalue weighted by Gasteiger charge is 2.18. The van der Waals surface area contributed by atoms with E-state index in [2.05, 4.69) is 10.6 Å². The van der Waals surface area contributed by atoms with Crippen LogP contribution >= 0.6 is 0 Å². The van der Waals surface area contributed by atoms with E-state index >= 15 is 0 Å². The second-order valence-electron chi connectivity index (χ2n) is 12.8. The number of aliphatic hydroxyl groups excluding tert-OH is 2. The number of nitrogens with one attached hydrogen (secondary N) is 2. The third kappa shape index (κ3) is 16.2. The highest BCUT2D eigenvalue weighted by molar-refractivity contribution is 5.99. The summed E-state index contributed by atoms with van der Waals surface area (Å²) in [5.74, 6) is -0.619. The van der Waals surface area contributed by atoms with Crippen molar-refractivity contribution in [2.24, 2.45) is 0 Å². The molecule has 0 spiro atoms. The van der Waals surface area contributed by atoms with Gasteiger partial charge in [-0.2, -0.15) is 0 Å². The summed E-state index contributed by atoms with van der Waals surface area (Å²) in [7, 11) is 0. The molecule has 2 atom stereocenters. The summed E-state index contributed by atoms with van der Waals surface area (Å²) < 4.78 is 37.7. The molecule has 0 fully saturated rings. The zero-order chi connectivity index (χ0) is 33.5. The molecule has 0 saturated heterocycles. The molecule has 2 aromatic rings. The molecule has 2 aromatic carbocycles. The van der Waals surface area contributed by atoms with Crippen LogP contribution in [0, 0.1) is 11.6 Å². The molecule has 44 heavy (non-hydrogen) atoms. The molecule has 4 N–H and O–H groups in total. The van der Waals surface area contributed by atoms with Crippen LogP contribution in [0.2, 0.25) is 0 Å². The van der Waals surface area contributed by atoms with Gasteiger partial charge in [-0.3, -0.25) is 9.59 Å². The zero-order valence-corrected chi connectivity index (χ0v) is 27.6. The smallest absolute Gasteiger partial charge is 0.166 e. The fourth-order valence-electron chi connectivity index (χ4n) is 3.75. The van der Waals surface area contributed by atoms with Gasteiger partial charge in [-0.15, -0.1) is 0 Å². The molecule has 0 aliphatic rings. The van der Waals surface area contributed by atoms with E-state index in [9.17, 15) is 28.6 Å². The minimum Gasteiger partial charge on any atom is -0.490 e. The number of hydrogen-bond acceptors (Lipinski definition) is 8. The minimum atomic E-state index is -0.710. The van der Waals surface area contributed by atoms with Crippen molar-refractivity contribution in [1.29, 1.82) is 0 Å². The predicted molar refractivity (Wildman–Crippen MR) is 170 cm³/mol. The van der Waals surface area contributed by atoms with Crippen molar-refractivity contribution in [1.82, 2.24) is 10.6 Å². The average molecular weight is 623 g/mol. The predicted octanol–water partition coefficient (Wildman–Crippen LogP) is 5.87. The first-order chi connectivity index (χ1) is 20.5. The Morgan fingerprint density at radius 2 is 1.05 bits per heavy atom. The summed E-state index contributed by atoms with van der Waals surface area (Å²) in [5, 5.41) is 26.2. The number of ketones is 2. The van der Waals surface area contributed by atoms with Gasteiger partial charge in [0.25, 0.3) is 0 Å². The fourth-order valence-corrected chi connectivity index (χ4v) is 3.75. The van der Waals surface area contributed by atoms with Crippen LogP contribution < -0.4 is 20.1 Å². The molecule has 248 valence electrons. The highest BCUT2D eigenvalue weighted by atomic mass is 19.1. The van der Waals surface area contributed by atoms with E-state index in [1.807, 2.05) is 55.4 Å². The van der Waals surface area contributed by atoms with Crippen LogP contribution in [0.1, 0.15) is 102 Å². The van der Waals surface area contributed by atoms with Crippen LogP contribution in [0.15, 0.2) is 36.4 Å². The molecule has 0 bridgehead atoms. The quantitative estimate of drug-likeness (QED) is 0.172. The Kier molecular flexibility index (Phi) is 16.7. The number of hydrogen-bond donors (Lipinski definition) is 4. The molecular formula is C34H52F2N2O6. The number of rotatable bonds is 16. The molecule has 0 aliphatic heterocycles. The van der Waals surface area contributed by atoms with Gasteiger partial charge in [0.1, 0.15) is 48.6 Å². The Hall–Kier alpha value is -2.92. The van der Waals surface area contributed by atoms with Crippen molar-refractivity contribution in [3.05, 3.63) is 59.2 Å². The Morgan fingerprint density at radius 1 is 0.705 bits per heavy atom. The number of carbonyl (C=O) groups excluding carboxylic acids is 2. The molecule has 0 radical (unpaired) electrons. The van der Waals surface area contributed by atoms with E-state index in [-0.39, 0.29) is 47.0 Å². The summed E-state index contributed by atoms with van der Waals surface area (Å²) in [6.07, 6.45) is 0.638. The molecular weight excluding hydrogens is 570 g/mol. The maximum atomic E-state index is 13.3. The summed E-state index contributed by atoms with van der Waals surface area (Å²) in [6, 6.07) is 7.74. The second kappa shape index (κ2) is 18.8. The van der Waals surface area contributed by atoms with Crippen molar-refractivity contribution in [3.8, 4) is 11.5 Å². The normalized spacial score (nSPS) is 13.0. The second-order valence-corrected chi connectivity index (χ2v) is 12.8. The molecule has 2 unspecified atom stereocenters. The zero-order valence-electron chi connectivity index (χ0n) is 27.6. The number of halogens is 2. The third-order valence-electron chi connectivity index (χ3n) is 6.04. The Morgan fingerprint density at radius 3 is 1.34 bits per heavy atom. The number of Topliss-reactive ketones (excluding diaryl/α,β-unsaturated/α-hetero) is 2. The Bertz CT molecular complexity index is 1090. The number of ether oxygens (including phenoxy) is 2.